The summed E-state index contributed by atoms with van der Waals surface area (Å²) in [5, 5.41) is 9.22. The molecule has 0 aliphatic carbocycles. The highest BCUT2D eigenvalue weighted by molar-refractivity contribution is 5.18. The Morgan fingerprint density at radius 2 is 2.06 bits per heavy atom. The summed E-state index contributed by atoms with van der Waals surface area (Å²) in [5.74, 6) is 0.696. The van der Waals surface area contributed by atoms with Crippen LogP contribution >= 0.6 is 0 Å². The number of benzene rings is 1. The first-order chi connectivity index (χ1) is 7.74. The number of hydrogen-bond donors (Lipinski definition) is 1. The normalized spacial score (nSPS) is 12.6. The number of hydrogen-bond acceptors (Lipinski definition) is 3. The van der Waals surface area contributed by atoms with E-state index in [2.05, 4.69) is 4.98 Å². The summed E-state index contributed by atoms with van der Waals surface area (Å²) >= 11 is 0. The maximum absolute atomic E-state index is 9.22. The van der Waals surface area contributed by atoms with Crippen molar-refractivity contribution in [2.45, 2.75) is 25.9 Å². The average Bonchev–Trinajstić information content (AvgIpc) is 2.66. The van der Waals surface area contributed by atoms with E-state index < -0.39 is 0 Å². The molecule has 3 nitrogen and oxygen atoms in total. The second kappa shape index (κ2) is 4.94. The van der Waals surface area contributed by atoms with Gasteiger partial charge in [-0.1, -0.05) is 30.3 Å². The van der Waals surface area contributed by atoms with Gasteiger partial charge in [-0.25, -0.2) is 4.98 Å². The Balaban J connectivity index is 2.03. The molecule has 3 heteroatoms. The molecule has 1 atom stereocenters. The number of nitrogens with zero attached hydrogens (tertiary/aromatic N) is 1. The zero-order valence-corrected chi connectivity index (χ0v) is 9.26. The molecule has 0 radical (unpaired) electrons. The van der Waals surface area contributed by atoms with Gasteiger partial charge >= 0.3 is 0 Å². The summed E-state index contributed by atoms with van der Waals surface area (Å²) in [6, 6.07) is 10.1. The fourth-order valence-electron chi connectivity index (χ4n) is 1.60. The summed E-state index contributed by atoms with van der Waals surface area (Å²) in [7, 11) is 0. The summed E-state index contributed by atoms with van der Waals surface area (Å²) in [6.45, 7) is 1.74. The molecule has 2 rings (SSSR count). The van der Waals surface area contributed by atoms with E-state index >= 15 is 0 Å². The van der Waals surface area contributed by atoms with E-state index in [0.717, 1.165) is 5.69 Å². The predicted octanol–water partition coefficient (Wildman–Crippen LogP) is 2.19. The number of aromatic nitrogens is 1. The second-order valence-electron chi connectivity index (χ2n) is 3.95. The topological polar surface area (TPSA) is 46.3 Å². The molecule has 2 aromatic rings. The van der Waals surface area contributed by atoms with Gasteiger partial charge in [0, 0.05) is 12.8 Å². The molecule has 0 bridgehead atoms. The first-order valence-corrected chi connectivity index (χ1v) is 5.39. The van der Waals surface area contributed by atoms with Crippen LogP contribution in [0.3, 0.4) is 0 Å². The van der Waals surface area contributed by atoms with Gasteiger partial charge in [-0.3, -0.25) is 0 Å². The van der Waals surface area contributed by atoms with Crippen LogP contribution in [0, 0.1) is 0 Å². The third-order valence-electron chi connectivity index (χ3n) is 2.30. The molecule has 1 aromatic carbocycles. The first-order valence-electron chi connectivity index (χ1n) is 5.39. The lowest BCUT2D eigenvalue weighted by Gasteiger charge is -1.97. The van der Waals surface area contributed by atoms with Crippen LogP contribution in [0.25, 0.3) is 0 Å². The van der Waals surface area contributed by atoms with Gasteiger partial charge in [-0.05, 0) is 12.5 Å². The number of aliphatic hydroxyl groups excluding tert-OH is 1. The summed E-state index contributed by atoms with van der Waals surface area (Å²) in [5.41, 5.74) is 1.98. The van der Waals surface area contributed by atoms with Crippen molar-refractivity contribution in [3.63, 3.8) is 0 Å². The van der Waals surface area contributed by atoms with Crippen molar-refractivity contribution >= 4 is 0 Å². The van der Waals surface area contributed by atoms with E-state index in [4.69, 9.17) is 4.42 Å². The molecule has 0 amide bonds. The highest BCUT2D eigenvalue weighted by Crippen LogP contribution is 2.10. The molecule has 1 aromatic heterocycles. The molecule has 0 aliphatic rings. The molecule has 1 N–H and O–H groups in total. The molecular formula is C13H15NO2. The van der Waals surface area contributed by atoms with Crippen molar-refractivity contribution in [1.82, 2.24) is 4.98 Å². The van der Waals surface area contributed by atoms with Crippen molar-refractivity contribution in [2.24, 2.45) is 0 Å². The summed E-state index contributed by atoms with van der Waals surface area (Å²) < 4.78 is 5.35. The summed E-state index contributed by atoms with van der Waals surface area (Å²) in [4.78, 5) is 4.32. The SMILES string of the molecule is CC(O)Cc1coc(Cc2ccccc2)n1. The van der Waals surface area contributed by atoms with Gasteiger partial charge in [-0.2, -0.15) is 0 Å². The Morgan fingerprint density at radius 1 is 1.31 bits per heavy atom. The van der Waals surface area contributed by atoms with Gasteiger partial charge in [-0.15, -0.1) is 0 Å². The minimum atomic E-state index is -0.380. The predicted molar refractivity (Wildman–Crippen MR) is 61.1 cm³/mol. The highest BCUT2D eigenvalue weighted by atomic mass is 16.3. The van der Waals surface area contributed by atoms with Crippen LogP contribution in [0.1, 0.15) is 24.1 Å². The third kappa shape index (κ3) is 2.94. The van der Waals surface area contributed by atoms with E-state index in [9.17, 15) is 5.11 Å². The van der Waals surface area contributed by atoms with E-state index in [1.807, 2.05) is 30.3 Å². The monoisotopic (exact) mass is 217 g/mol. The molecule has 0 saturated carbocycles. The molecule has 0 saturated heterocycles. The minimum Gasteiger partial charge on any atom is -0.448 e. The molecule has 16 heavy (non-hydrogen) atoms. The van der Waals surface area contributed by atoms with Crippen LogP contribution in [0.5, 0.6) is 0 Å². The van der Waals surface area contributed by atoms with Crippen LogP contribution in [0.15, 0.2) is 41.0 Å². The molecule has 0 spiro atoms. The second-order valence-corrected chi connectivity index (χ2v) is 3.95. The maximum Gasteiger partial charge on any atom is 0.198 e. The van der Waals surface area contributed by atoms with Crippen molar-refractivity contribution < 1.29 is 9.52 Å². The lowest BCUT2D eigenvalue weighted by atomic mass is 10.1. The standard InChI is InChI=1S/C13H15NO2/c1-10(15)7-12-9-16-13(14-12)8-11-5-3-2-4-6-11/h2-6,9-10,15H,7-8H2,1H3. The fraction of sp³-hybridized carbons (Fsp3) is 0.308. The zero-order valence-electron chi connectivity index (χ0n) is 9.26. The quantitative estimate of drug-likeness (QED) is 0.853. The number of oxazole rings is 1. The Morgan fingerprint density at radius 3 is 2.75 bits per heavy atom. The molecule has 0 aliphatic heterocycles. The maximum atomic E-state index is 9.22. The largest absolute Gasteiger partial charge is 0.448 e. The van der Waals surface area contributed by atoms with Gasteiger partial charge in [0.05, 0.1) is 11.8 Å². The van der Waals surface area contributed by atoms with Crippen LogP contribution < -0.4 is 0 Å². The van der Waals surface area contributed by atoms with E-state index in [0.29, 0.717) is 18.7 Å². The number of aliphatic hydroxyl groups is 1. The zero-order chi connectivity index (χ0) is 11.4. The van der Waals surface area contributed by atoms with Crippen molar-refractivity contribution in [3.05, 3.63) is 53.7 Å². The van der Waals surface area contributed by atoms with Gasteiger partial charge in [0.2, 0.25) is 0 Å². The molecule has 0 fully saturated rings. The first kappa shape index (κ1) is 10.9. The smallest absolute Gasteiger partial charge is 0.198 e. The van der Waals surface area contributed by atoms with Crippen molar-refractivity contribution in [2.75, 3.05) is 0 Å². The lowest BCUT2D eigenvalue weighted by molar-refractivity contribution is 0.194. The Bertz CT molecular complexity index is 434. The highest BCUT2D eigenvalue weighted by Gasteiger charge is 2.06. The van der Waals surface area contributed by atoms with E-state index in [-0.39, 0.29) is 6.10 Å². The molecular weight excluding hydrogens is 202 g/mol. The van der Waals surface area contributed by atoms with Crippen LogP contribution in [-0.2, 0) is 12.8 Å². The Kier molecular flexibility index (Phi) is 3.37. The van der Waals surface area contributed by atoms with Crippen molar-refractivity contribution in [1.29, 1.82) is 0 Å². The van der Waals surface area contributed by atoms with E-state index in [1.165, 1.54) is 5.56 Å². The van der Waals surface area contributed by atoms with Gasteiger partial charge in [0.1, 0.15) is 6.26 Å². The van der Waals surface area contributed by atoms with Crippen LogP contribution in [0.4, 0.5) is 0 Å². The minimum absolute atomic E-state index is 0.380. The Hall–Kier alpha value is -1.61. The molecule has 1 unspecified atom stereocenters. The lowest BCUT2D eigenvalue weighted by Crippen LogP contribution is -2.04. The van der Waals surface area contributed by atoms with Crippen molar-refractivity contribution in [3.8, 4) is 0 Å². The van der Waals surface area contributed by atoms with Crippen LogP contribution in [0.2, 0.25) is 0 Å². The van der Waals surface area contributed by atoms with Crippen LogP contribution in [-0.4, -0.2) is 16.2 Å². The van der Waals surface area contributed by atoms with E-state index in [1.54, 1.807) is 13.2 Å². The van der Waals surface area contributed by atoms with Gasteiger partial charge in [0.15, 0.2) is 5.89 Å². The van der Waals surface area contributed by atoms with Gasteiger partial charge in [0.25, 0.3) is 0 Å². The summed E-state index contributed by atoms with van der Waals surface area (Å²) in [6.07, 6.45) is 2.47. The third-order valence-corrected chi connectivity index (χ3v) is 2.30. The molecule has 84 valence electrons. The van der Waals surface area contributed by atoms with Gasteiger partial charge < -0.3 is 9.52 Å². The fourth-order valence-corrected chi connectivity index (χ4v) is 1.60. The Labute approximate surface area is 94.8 Å². The average molecular weight is 217 g/mol. The molecule has 1 heterocycles. The number of rotatable bonds is 4.